The van der Waals surface area contributed by atoms with E-state index in [1.165, 1.54) is 11.1 Å². The van der Waals surface area contributed by atoms with Crippen LogP contribution in [0.1, 0.15) is 0 Å². The van der Waals surface area contributed by atoms with Gasteiger partial charge in [0, 0.05) is 10.6 Å². The zero-order chi connectivity index (χ0) is 6.85. The summed E-state index contributed by atoms with van der Waals surface area (Å²) in [4.78, 5) is 0. The van der Waals surface area contributed by atoms with Crippen molar-refractivity contribution in [3.8, 4) is 11.1 Å². The third-order valence-corrected chi connectivity index (χ3v) is 1.52. The van der Waals surface area contributed by atoms with E-state index in [1.54, 1.807) is 0 Å². The van der Waals surface area contributed by atoms with Crippen LogP contribution in [0.3, 0.4) is 0 Å². The first kappa shape index (κ1) is 6.55. The van der Waals surface area contributed by atoms with Crippen LogP contribution in [-0.2, 0) is 0 Å². The van der Waals surface area contributed by atoms with Crippen LogP contribution in [0.15, 0.2) is 18.2 Å². The van der Waals surface area contributed by atoms with Gasteiger partial charge in [-0.25, -0.2) is 0 Å². The van der Waals surface area contributed by atoms with E-state index in [0.29, 0.717) is 0 Å². The fourth-order valence-corrected chi connectivity index (χ4v) is 0.944. The quantitative estimate of drug-likeness (QED) is 0.428. The van der Waals surface area contributed by atoms with Gasteiger partial charge in [0.1, 0.15) is 0 Å². The Hall–Kier alpha value is -0.570. The van der Waals surface area contributed by atoms with Crippen molar-refractivity contribution in [2.45, 2.75) is 0 Å². The Kier molecular flexibility index (Phi) is 1.71. The molecule has 0 amide bonds. The third kappa shape index (κ3) is 1.05. The van der Waals surface area contributed by atoms with Gasteiger partial charge in [-0.1, -0.05) is 17.7 Å². The molecule has 0 saturated carbocycles. The Morgan fingerprint density at radius 3 is 2.00 bits per heavy atom. The monoisotopic (exact) mass is 142 g/mol. The van der Waals surface area contributed by atoms with Crippen molar-refractivity contribution in [1.29, 1.82) is 0 Å². The van der Waals surface area contributed by atoms with Gasteiger partial charge in [-0.15, -0.1) is 0 Å². The summed E-state index contributed by atoms with van der Waals surface area (Å²) in [6.07, 6.45) is 0. The van der Waals surface area contributed by atoms with Crippen LogP contribution in [0, 0.1) is 0 Å². The van der Waals surface area contributed by atoms with Gasteiger partial charge in [0.15, 0.2) is 0 Å². The summed E-state index contributed by atoms with van der Waals surface area (Å²) in [6, 6.07) is 6.02. The minimum absolute atomic E-state index is 0.898. The molecule has 0 aromatic carbocycles. The maximum Gasteiger partial charge on any atom is 0.0484 e. The zero-order valence-electron chi connectivity index (χ0n) is 4.76. The summed E-state index contributed by atoms with van der Waals surface area (Å²) in [7, 11) is 0. The second kappa shape index (κ2) is 2.35. The molecule has 3 heteroatoms. The van der Waals surface area contributed by atoms with Crippen LogP contribution in [0.4, 0.5) is 0 Å². The van der Waals surface area contributed by atoms with Crippen LogP contribution < -0.4 is 11.7 Å². The van der Waals surface area contributed by atoms with E-state index in [9.17, 15) is 0 Å². The SMILES string of the molecule is Clc1ccc2cc1-2.NN. The number of hydrogen-bond acceptors (Lipinski definition) is 2. The third-order valence-electron chi connectivity index (χ3n) is 1.19. The summed E-state index contributed by atoms with van der Waals surface area (Å²) in [5.41, 5.74) is 2.55. The lowest BCUT2D eigenvalue weighted by atomic mass is 10.5. The first-order chi connectivity index (χ1) is 4.38. The van der Waals surface area contributed by atoms with Crippen molar-refractivity contribution >= 4 is 11.6 Å². The Labute approximate surface area is 58.4 Å². The van der Waals surface area contributed by atoms with Crippen LogP contribution in [-0.4, -0.2) is 0 Å². The van der Waals surface area contributed by atoms with Crippen LogP contribution in [0.5, 0.6) is 0 Å². The Morgan fingerprint density at radius 2 is 1.89 bits per heavy atom. The number of benzene rings is 1. The molecule has 4 N–H and O–H groups in total. The van der Waals surface area contributed by atoms with Crippen molar-refractivity contribution in [3.05, 3.63) is 23.2 Å². The summed E-state index contributed by atoms with van der Waals surface area (Å²) < 4.78 is 0. The molecule has 0 bridgehead atoms. The Morgan fingerprint density at radius 1 is 1.22 bits per heavy atom. The van der Waals surface area contributed by atoms with E-state index in [-0.39, 0.29) is 0 Å². The molecule has 48 valence electrons. The van der Waals surface area contributed by atoms with Crippen molar-refractivity contribution < 1.29 is 0 Å². The number of hydrazine groups is 1. The van der Waals surface area contributed by atoms with E-state index in [0.717, 1.165) is 5.02 Å². The molecule has 2 aliphatic rings. The molecular formula is C6H7ClN2. The minimum atomic E-state index is 0.898. The molecule has 0 saturated heterocycles. The number of fused-ring (bicyclic) bond motifs is 1. The van der Waals surface area contributed by atoms with Gasteiger partial charge in [0.2, 0.25) is 0 Å². The number of hydrogen-bond donors (Lipinski definition) is 2. The van der Waals surface area contributed by atoms with Crippen LogP contribution in [0.25, 0.3) is 11.1 Å². The maximum absolute atomic E-state index is 5.65. The average molecular weight is 143 g/mol. The van der Waals surface area contributed by atoms with Crippen LogP contribution in [0.2, 0.25) is 5.02 Å². The Bertz CT molecular complexity index is 222. The van der Waals surface area contributed by atoms with E-state index < -0.39 is 0 Å². The first-order valence-electron chi connectivity index (χ1n) is 2.51. The molecule has 9 heavy (non-hydrogen) atoms. The molecular weight excluding hydrogens is 136 g/mol. The lowest BCUT2D eigenvalue weighted by Crippen LogP contribution is -2.02. The topological polar surface area (TPSA) is 52.0 Å². The second-order valence-corrected chi connectivity index (χ2v) is 2.10. The minimum Gasteiger partial charge on any atom is -0.274 e. The average Bonchev–Trinajstić information content (AvgIpc) is 2.61. The molecule has 2 nitrogen and oxygen atoms in total. The molecule has 0 aliphatic heterocycles. The molecule has 0 spiro atoms. The fraction of sp³-hybridized carbons (Fsp3) is 0. The van der Waals surface area contributed by atoms with Crippen molar-refractivity contribution in [1.82, 2.24) is 0 Å². The normalized spacial score (nSPS) is 9.67. The molecule has 2 rings (SSSR count). The van der Waals surface area contributed by atoms with Gasteiger partial charge in [-0.3, -0.25) is 11.7 Å². The molecule has 0 aromatic heterocycles. The van der Waals surface area contributed by atoms with E-state index in [1.807, 2.05) is 12.1 Å². The first-order valence-corrected chi connectivity index (χ1v) is 2.89. The smallest absolute Gasteiger partial charge is 0.0484 e. The number of rotatable bonds is 0. The molecule has 0 fully saturated rings. The number of nitrogens with two attached hydrogens (primary N) is 2. The van der Waals surface area contributed by atoms with Crippen molar-refractivity contribution in [2.75, 3.05) is 0 Å². The summed E-state index contributed by atoms with van der Waals surface area (Å²) in [5.74, 6) is 8.00. The highest BCUT2D eigenvalue weighted by molar-refractivity contribution is 6.35. The van der Waals surface area contributed by atoms with E-state index in [2.05, 4.69) is 17.8 Å². The highest BCUT2D eigenvalue weighted by Crippen LogP contribution is 2.40. The van der Waals surface area contributed by atoms with Crippen molar-refractivity contribution in [2.24, 2.45) is 11.7 Å². The second-order valence-electron chi connectivity index (χ2n) is 1.69. The fourth-order valence-electron chi connectivity index (χ4n) is 0.717. The Balaban J connectivity index is 0.000000186. The predicted octanol–water partition coefficient (Wildman–Crippen LogP) is 1.14. The lowest BCUT2D eigenvalue weighted by Gasteiger charge is -1.68. The van der Waals surface area contributed by atoms with Gasteiger partial charge in [-0.2, -0.15) is 0 Å². The predicted molar refractivity (Wildman–Crippen MR) is 38.8 cm³/mol. The van der Waals surface area contributed by atoms with E-state index >= 15 is 0 Å². The van der Waals surface area contributed by atoms with Crippen molar-refractivity contribution in [3.63, 3.8) is 0 Å². The van der Waals surface area contributed by atoms with Gasteiger partial charge in [0.05, 0.1) is 0 Å². The standard InChI is InChI=1S/C6H3Cl.H4N2/c7-6-2-1-4-3-5(4)6;1-2/h1-3H;1-2H2. The van der Waals surface area contributed by atoms with Gasteiger partial charge < -0.3 is 0 Å². The maximum atomic E-state index is 5.65. The molecule has 0 atom stereocenters. The molecule has 0 radical (unpaired) electrons. The van der Waals surface area contributed by atoms with E-state index in [4.69, 9.17) is 11.6 Å². The lowest BCUT2D eigenvalue weighted by molar-refractivity contribution is 1.26. The van der Waals surface area contributed by atoms with Gasteiger partial charge in [-0.05, 0) is 17.7 Å². The highest BCUT2D eigenvalue weighted by Gasteiger charge is 2.14. The summed E-state index contributed by atoms with van der Waals surface area (Å²) in [5, 5.41) is 0.898. The molecule has 2 aliphatic carbocycles. The largest absolute Gasteiger partial charge is 0.274 e. The molecule has 0 aromatic rings. The van der Waals surface area contributed by atoms with Gasteiger partial charge >= 0.3 is 0 Å². The van der Waals surface area contributed by atoms with Gasteiger partial charge in [0.25, 0.3) is 0 Å². The zero-order valence-corrected chi connectivity index (χ0v) is 5.52. The number of halogens is 1. The molecule has 0 unspecified atom stereocenters. The van der Waals surface area contributed by atoms with Crippen LogP contribution >= 0.6 is 11.6 Å². The summed E-state index contributed by atoms with van der Waals surface area (Å²) >= 11 is 5.65. The molecule has 0 heterocycles. The summed E-state index contributed by atoms with van der Waals surface area (Å²) in [6.45, 7) is 0. The highest BCUT2D eigenvalue weighted by atomic mass is 35.5.